The van der Waals surface area contributed by atoms with Crippen LogP contribution in [0.15, 0.2) is 30.3 Å². The molecule has 0 radical (unpaired) electrons. The number of rotatable bonds is 3. The predicted molar refractivity (Wildman–Crippen MR) is 80.2 cm³/mol. The van der Waals surface area contributed by atoms with Gasteiger partial charge >= 0.3 is 12.1 Å². The Labute approximate surface area is 129 Å². The van der Waals surface area contributed by atoms with Crippen molar-refractivity contribution >= 4 is 12.1 Å². The Balaban J connectivity index is 1.64. The van der Waals surface area contributed by atoms with Crippen molar-refractivity contribution in [2.24, 2.45) is 11.3 Å². The number of carbonyl (C=O) groups excluding carboxylic acids is 1. The lowest BCUT2D eigenvalue weighted by Crippen LogP contribution is -2.78. The fraction of sp³-hybridized carbons (Fsp3) is 0.529. The quantitative estimate of drug-likeness (QED) is 0.932. The van der Waals surface area contributed by atoms with Gasteiger partial charge in [-0.1, -0.05) is 44.2 Å². The van der Waals surface area contributed by atoms with Crippen LogP contribution >= 0.6 is 0 Å². The molecule has 22 heavy (non-hydrogen) atoms. The molecule has 2 fully saturated rings. The molecule has 118 valence electrons. The van der Waals surface area contributed by atoms with Gasteiger partial charge in [-0.05, 0) is 18.4 Å². The molecule has 2 atom stereocenters. The molecule has 1 aromatic carbocycles. The number of aliphatic carboxylic acids is 1. The zero-order chi connectivity index (χ0) is 16.0. The van der Waals surface area contributed by atoms with Gasteiger partial charge in [0.25, 0.3) is 0 Å². The lowest BCUT2D eigenvalue weighted by atomic mass is 9.45. The first kappa shape index (κ1) is 14.9. The first-order valence-corrected chi connectivity index (χ1v) is 7.60. The van der Waals surface area contributed by atoms with Gasteiger partial charge in [0.15, 0.2) is 0 Å². The van der Waals surface area contributed by atoms with E-state index in [0.717, 1.165) is 12.0 Å². The second-order valence-corrected chi connectivity index (χ2v) is 6.79. The fourth-order valence-corrected chi connectivity index (χ4v) is 3.88. The van der Waals surface area contributed by atoms with Crippen molar-refractivity contribution in [2.45, 2.75) is 38.8 Å². The summed E-state index contributed by atoms with van der Waals surface area (Å²) in [6, 6.07) is 9.54. The third-order valence-corrected chi connectivity index (χ3v) is 5.60. The average molecular weight is 303 g/mol. The minimum absolute atomic E-state index is 0.245. The second-order valence-electron chi connectivity index (χ2n) is 6.79. The highest BCUT2D eigenvalue weighted by Gasteiger charge is 2.70. The molecular formula is C17H21NO4. The number of hydrogen-bond acceptors (Lipinski definition) is 3. The van der Waals surface area contributed by atoms with Gasteiger partial charge in [-0.3, -0.25) is 4.79 Å². The topological polar surface area (TPSA) is 66.8 Å². The molecule has 1 aliphatic heterocycles. The van der Waals surface area contributed by atoms with E-state index in [2.05, 4.69) is 0 Å². The molecule has 5 nitrogen and oxygen atoms in total. The number of nitrogens with zero attached hydrogens (tertiary/aromatic N) is 1. The van der Waals surface area contributed by atoms with E-state index < -0.39 is 17.3 Å². The summed E-state index contributed by atoms with van der Waals surface area (Å²) in [6.07, 6.45) is 1.03. The van der Waals surface area contributed by atoms with Crippen molar-refractivity contribution in [2.75, 3.05) is 6.54 Å². The molecule has 2 unspecified atom stereocenters. The van der Waals surface area contributed by atoms with Crippen molar-refractivity contribution in [3.63, 3.8) is 0 Å². The van der Waals surface area contributed by atoms with E-state index >= 15 is 0 Å². The zero-order valence-corrected chi connectivity index (χ0v) is 12.9. The van der Waals surface area contributed by atoms with Gasteiger partial charge in [-0.15, -0.1) is 0 Å². The van der Waals surface area contributed by atoms with E-state index in [4.69, 9.17) is 4.74 Å². The number of likely N-dealkylation sites (tertiary alicyclic amines) is 1. The summed E-state index contributed by atoms with van der Waals surface area (Å²) in [5.74, 6) is -1.17. The standard InChI is InChI=1S/C17H21NO4/c1-16(2)13(14(19)20)10-17(16)8-9-18(17)15(21)22-11-12-6-4-3-5-7-12/h3-7,13H,8-11H2,1-2H3,(H,19,20). The molecule has 0 bridgehead atoms. The highest BCUT2D eigenvalue weighted by molar-refractivity contribution is 5.76. The number of benzene rings is 1. The van der Waals surface area contributed by atoms with Gasteiger partial charge in [-0.2, -0.15) is 0 Å². The number of carbonyl (C=O) groups is 2. The van der Waals surface area contributed by atoms with Crippen LogP contribution in [0.25, 0.3) is 0 Å². The minimum atomic E-state index is -0.778. The first-order chi connectivity index (χ1) is 10.4. The van der Waals surface area contributed by atoms with Gasteiger partial charge in [0.1, 0.15) is 6.61 Å². The molecule has 2 aliphatic rings. The molecule has 1 spiro atoms. The summed E-state index contributed by atoms with van der Waals surface area (Å²) in [7, 11) is 0. The van der Waals surface area contributed by atoms with Crippen LogP contribution in [0.1, 0.15) is 32.3 Å². The maximum atomic E-state index is 12.3. The predicted octanol–water partition coefficient (Wildman–Crippen LogP) is 2.90. The van der Waals surface area contributed by atoms with Gasteiger partial charge < -0.3 is 14.7 Å². The number of amides is 1. The van der Waals surface area contributed by atoms with Crippen molar-refractivity contribution < 1.29 is 19.4 Å². The molecule has 3 rings (SSSR count). The molecule has 1 saturated heterocycles. The van der Waals surface area contributed by atoms with Crippen LogP contribution in [0.3, 0.4) is 0 Å². The lowest BCUT2D eigenvalue weighted by Gasteiger charge is -2.69. The third kappa shape index (κ3) is 1.99. The summed E-state index contributed by atoms with van der Waals surface area (Å²) in [5, 5.41) is 9.26. The Morgan fingerprint density at radius 2 is 2.00 bits per heavy atom. The van der Waals surface area contributed by atoms with E-state index in [9.17, 15) is 14.7 Å². The molecule has 0 aromatic heterocycles. The van der Waals surface area contributed by atoms with Crippen molar-refractivity contribution in [1.82, 2.24) is 4.90 Å². The normalized spacial score (nSPS) is 28.6. The van der Waals surface area contributed by atoms with Gasteiger partial charge in [-0.25, -0.2) is 4.79 Å². The molecular weight excluding hydrogens is 282 g/mol. The summed E-state index contributed by atoms with van der Waals surface area (Å²) < 4.78 is 5.39. The molecule has 1 amide bonds. The Morgan fingerprint density at radius 3 is 2.50 bits per heavy atom. The lowest BCUT2D eigenvalue weighted by molar-refractivity contribution is -0.208. The van der Waals surface area contributed by atoms with Crippen LogP contribution < -0.4 is 0 Å². The molecule has 1 aromatic rings. The summed E-state index contributed by atoms with van der Waals surface area (Å²) >= 11 is 0. The Morgan fingerprint density at radius 1 is 1.32 bits per heavy atom. The number of carboxylic acids is 1. The van der Waals surface area contributed by atoms with Crippen LogP contribution in [-0.2, 0) is 16.1 Å². The minimum Gasteiger partial charge on any atom is -0.481 e. The van der Waals surface area contributed by atoms with Gasteiger partial charge in [0.2, 0.25) is 0 Å². The highest BCUT2D eigenvalue weighted by Crippen LogP contribution is 2.63. The van der Waals surface area contributed by atoms with Crippen molar-refractivity contribution in [3.05, 3.63) is 35.9 Å². The molecule has 1 aliphatic carbocycles. The Kier molecular flexibility index (Phi) is 3.38. The van der Waals surface area contributed by atoms with Crippen LogP contribution in [-0.4, -0.2) is 34.2 Å². The SMILES string of the molecule is CC1(C)C(C(=O)O)CC12CCN2C(=O)OCc1ccccc1. The van der Waals surface area contributed by atoms with Crippen molar-refractivity contribution in [3.8, 4) is 0 Å². The van der Waals surface area contributed by atoms with Crippen molar-refractivity contribution in [1.29, 1.82) is 0 Å². The van der Waals surface area contributed by atoms with E-state index in [-0.39, 0.29) is 18.2 Å². The largest absolute Gasteiger partial charge is 0.481 e. The van der Waals surface area contributed by atoms with Crippen LogP contribution in [0.5, 0.6) is 0 Å². The number of hydrogen-bond donors (Lipinski definition) is 1. The maximum Gasteiger partial charge on any atom is 0.410 e. The van der Waals surface area contributed by atoms with Gasteiger partial charge in [0.05, 0.1) is 11.5 Å². The average Bonchev–Trinajstić information content (AvgIpc) is 2.43. The monoisotopic (exact) mass is 303 g/mol. The van der Waals surface area contributed by atoms with E-state index in [1.165, 1.54) is 0 Å². The molecule has 1 saturated carbocycles. The molecule has 1 heterocycles. The van der Waals surface area contributed by atoms with E-state index in [1.54, 1.807) is 4.90 Å². The zero-order valence-electron chi connectivity index (χ0n) is 12.9. The van der Waals surface area contributed by atoms with E-state index in [1.807, 2.05) is 44.2 Å². The molecule has 1 N–H and O–H groups in total. The second kappa shape index (κ2) is 5.00. The third-order valence-electron chi connectivity index (χ3n) is 5.60. The molecule has 5 heteroatoms. The van der Waals surface area contributed by atoms with Crippen LogP contribution in [0, 0.1) is 11.3 Å². The highest BCUT2D eigenvalue weighted by atomic mass is 16.6. The van der Waals surface area contributed by atoms with Gasteiger partial charge in [0, 0.05) is 12.0 Å². The van der Waals surface area contributed by atoms with E-state index in [0.29, 0.717) is 13.0 Å². The van der Waals surface area contributed by atoms with Crippen LogP contribution in [0.2, 0.25) is 0 Å². The maximum absolute atomic E-state index is 12.3. The fourth-order valence-electron chi connectivity index (χ4n) is 3.88. The van der Waals surface area contributed by atoms with Crippen LogP contribution in [0.4, 0.5) is 4.79 Å². The summed E-state index contributed by atoms with van der Waals surface area (Å²) in [4.78, 5) is 25.3. The summed E-state index contributed by atoms with van der Waals surface area (Å²) in [6.45, 7) is 4.76. The number of carboxylic acid groups (broad SMARTS) is 1. The number of ether oxygens (including phenoxy) is 1. The Bertz CT molecular complexity index is 598. The Hall–Kier alpha value is -2.04. The first-order valence-electron chi connectivity index (χ1n) is 7.60. The summed E-state index contributed by atoms with van der Waals surface area (Å²) in [5.41, 5.74) is 0.189. The smallest absolute Gasteiger partial charge is 0.410 e.